The van der Waals surface area contributed by atoms with Gasteiger partial charge in [0.2, 0.25) is 0 Å². The minimum absolute atomic E-state index is 0.842. The molecule has 0 heterocycles. The van der Waals surface area contributed by atoms with Crippen LogP contribution in [0.3, 0.4) is 0 Å². The predicted octanol–water partition coefficient (Wildman–Crippen LogP) is 5.14. The zero-order valence-electron chi connectivity index (χ0n) is 10.0. The number of hydrogen-bond acceptors (Lipinski definition) is 0. The SMILES string of the molecule is Clc1cccc2c1ccc1c3c(ccc12)CCC3. The first-order chi connectivity index (χ1) is 8.84. The fraction of sp³-hybridized carbons (Fsp3) is 0.176. The van der Waals surface area contributed by atoms with E-state index in [4.69, 9.17) is 11.6 Å². The van der Waals surface area contributed by atoms with Gasteiger partial charge in [-0.15, -0.1) is 0 Å². The lowest BCUT2D eigenvalue weighted by atomic mass is 9.96. The summed E-state index contributed by atoms with van der Waals surface area (Å²) in [4.78, 5) is 0. The molecular weight excluding hydrogens is 240 g/mol. The van der Waals surface area contributed by atoms with E-state index in [0.29, 0.717) is 0 Å². The van der Waals surface area contributed by atoms with Gasteiger partial charge in [0, 0.05) is 10.4 Å². The average Bonchev–Trinajstić information content (AvgIpc) is 2.87. The Kier molecular flexibility index (Phi) is 2.15. The molecule has 88 valence electrons. The van der Waals surface area contributed by atoms with Crippen LogP contribution in [0.5, 0.6) is 0 Å². The molecule has 0 bridgehead atoms. The lowest BCUT2D eigenvalue weighted by Gasteiger charge is -2.09. The summed E-state index contributed by atoms with van der Waals surface area (Å²) in [5.74, 6) is 0. The highest BCUT2D eigenvalue weighted by Gasteiger charge is 2.14. The van der Waals surface area contributed by atoms with Crippen molar-refractivity contribution in [2.75, 3.05) is 0 Å². The summed E-state index contributed by atoms with van der Waals surface area (Å²) in [6.45, 7) is 0. The summed E-state index contributed by atoms with van der Waals surface area (Å²) in [6.07, 6.45) is 3.75. The molecule has 1 heteroatoms. The lowest BCUT2D eigenvalue weighted by molar-refractivity contribution is 0.913. The molecule has 0 amide bonds. The van der Waals surface area contributed by atoms with Crippen LogP contribution in [0.2, 0.25) is 5.02 Å². The first-order valence-corrected chi connectivity index (χ1v) is 6.84. The lowest BCUT2D eigenvalue weighted by Crippen LogP contribution is -1.86. The third-order valence-electron chi connectivity index (χ3n) is 4.09. The molecule has 18 heavy (non-hydrogen) atoms. The van der Waals surface area contributed by atoms with Gasteiger partial charge in [0.15, 0.2) is 0 Å². The van der Waals surface area contributed by atoms with Crippen LogP contribution in [0, 0.1) is 0 Å². The van der Waals surface area contributed by atoms with Crippen molar-refractivity contribution < 1.29 is 0 Å². The van der Waals surface area contributed by atoms with Gasteiger partial charge in [-0.2, -0.15) is 0 Å². The maximum atomic E-state index is 6.27. The van der Waals surface area contributed by atoms with Crippen LogP contribution in [0.4, 0.5) is 0 Å². The summed E-state index contributed by atoms with van der Waals surface area (Å²) in [7, 11) is 0. The standard InChI is InChI=1S/C17H13Cl/c18-17-6-2-5-13-15-8-7-11-3-1-4-12(11)14(15)9-10-16(13)17/h2,5-10H,1,3-4H2. The molecular formula is C17H13Cl. The van der Waals surface area contributed by atoms with Gasteiger partial charge in [-0.05, 0) is 52.6 Å². The minimum atomic E-state index is 0.842. The summed E-state index contributed by atoms with van der Waals surface area (Å²) < 4.78 is 0. The van der Waals surface area contributed by atoms with Crippen LogP contribution in [0.25, 0.3) is 21.5 Å². The summed E-state index contributed by atoms with van der Waals surface area (Å²) in [6, 6.07) is 15.1. The molecule has 0 atom stereocenters. The Morgan fingerprint density at radius 2 is 1.50 bits per heavy atom. The van der Waals surface area contributed by atoms with E-state index in [1.807, 2.05) is 12.1 Å². The molecule has 0 fully saturated rings. The number of aryl methyl sites for hydroxylation is 2. The smallest absolute Gasteiger partial charge is 0.0484 e. The maximum Gasteiger partial charge on any atom is 0.0484 e. The molecule has 0 aliphatic heterocycles. The zero-order valence-corrected chi connectivity index (χ0v) is 10.8. The van der Waals surface area contributed by atoms with Crippen LogP contribution in [-0.2, 0) is 12.8 Å². The van der Waals surface area contributed by atoms with Crippen LogP contribution < -0.4 is 0 Å². The second-order valence-electron chi connectivity index (χ2n) is 5.05. The third-order valence-corrected chi connectivity index (χ3v) is 4.42. The summed E-state index contributed by atoms with van der Waals surface area (Å²) in [5.41, 5.74) is 3.08. The number of fused-ring (bicyclic) bond motifs is 5. The van der Waals surface area contributed by atoms with Crippen molar-refractivity contribution in [3.63, 3.8) is 0 Å². The third kappa shape index (κ3) is 1.33. The van der Waals surface area contributed by atoms with E-state index in [2.05, 4.69) is 30.3 Å². The van der Waals surface area contributed by atoms with Crippen molar-refractivity contribution in [1.82, 2.24) is 0 Å². The molecule has 3 aromatic carbocycles. The van der Waals surface area contributed by atoms with Crippen LogP contribution >= 0.6 is 11.6 Å². The van der Waals surface area contributed by atoms with E-state index < -0.39 is 0 Å². The first kappa shape index (κ1) is 10.4. The molecule has 0 aromatic heterocycles. The van der Waals surface area contributed by atoms with Crippen molar-refractivity contribution in [3.8, 4) is 0 Å². The zero-order chi connectivity index (χ0) is 12.1. The van der Waals surface area contributed by atoms with E-state index in [-0.39, 0.29) is 0 Å². The highest BCUT2D eigenvalue weighted by molar-refractivity contribution is 6.36. The van der Waals surface area contributed by atoms with Gasteiger partial charge in [0.1, 0.15) is 0 Å². The highest BCUT2D eigenvalue weighted by atomic mass is 35.5. The van der Waals surface area contributed by atoms with E-state index in [1.54, 1.807) is 5.56 Å². The predicted molar refractivity (Wildman–Crippen MR) is 78.5 cm³/mol. The van der Waals surface area contributed by atoms with Crippen LogP contribution in [-0.4, -0.2) is 0 Å². The van der Waals surface area contributed by atoms with E-state index in [0.717, 1.165) is 10.4 Å². The van der Waals surface area contributed by atoms with E-state index in [9.17, 15) is 0 Å². The van der Waals surface area contributed by atoms with Crippen molar-refractivity contribution in [2.45, 2.75) is 19.3 Å². The molecule has 1 aliphatic carbocycles. The fourth-order valence-corrected chi connectivity index (χ4v) is 3.47. The normalized spacial score (nSPS) is 14.3. The number of hydrogen-bond donors (Lipinski definition) is 0. The Bertz CT molecular complexity index is 771. The Morgan fingerprint density at radius 1 is 0.722 bits per heavy atom. The number of benzene rings is 3. The van der Waals surface area contributed by atoms with Crippen molar-refractivity contribution >= 4 is 33.1 Å². The molecule has 0 spiro atoms. The number of rotatable bonds is 0. The van der Waals surface area contributed by atoms with Gasteiger partial charge in [-0.1, -0.05) is 48.0 Å². The Hall–Kier alpha value is -1.53. The quantitative estimate of drug-likeness (QED) is 0.486. The highest BCUT2D eigenvalue weighted by Crippen LogP contribution is 2.35. The molecule has 0 saturated carbocycles. The second kappa shape index (κ2) is 3.73. The van der Waals surface area contributed by atoms with Crippen LogP contribution in [0.1, 0.15) is 17.5 Å². The fourth-order valence-electron chi connectivity index (χ4n) is 3.23. The molecule has 0 N–H and O–H groups in total. The summed E-state index contributed by atoms with van der Waals surface area (Å²) >= 11 is 6.27. The van der Waals surface area contributed by atoms with Gasteiger partial charge in [-0.3, -0.25) is 0 Å². The molecule has 4 rings (SSSR count). The maximum absolute atomic E-state index is 6.27. The molecule has 3 aromatic rings. The second-order valence-corrected chi connectivity index (χ2v) is 5.46. The summed E-state index contributed by atoms with van der Waals surface area (Å²) in [5, 5.41) is 6.03. The first-order valence-electron chi connectivity index (χ1n) is 6.46. The Morgan fingerprint density at radius 3 is 2.44 bits per heavy atom. The van der Waals surface area contributed by atoms with Gasteiger partial charge in [-0.25, -0.2) is 0 Å². The van der Waals surface area contributed by atoms with E-state index in [1.165, 1.54) is 41.0 Å². The largest absolute Gasteiger partial charge is 0.0837 e. The van der Waals surface area contributed by atoms with Crippen molar-refractivity contribution in [3.05, 3.63) is 58.6 Å². The van der Waals surface area contributed by atoms with Gasteiger partial charge >= 0.3 is 0 Å². The van der Waals surface area contributed by atoms with Crippen molar-refractivity contribution in [2.24, 2.45) is 0 Å². The van der Waals surface area contributed by atoms with Crippen LogP contribution in [0.15, 0.2) is 42.5 Å². The molecule has 0 nitrogen and oxygen atoms in total. The van der Waals surface area contributed by atoms with Crippen molar-refractivity contribution in [1.29, 1.82) is 0 Å². The van der Waals surface area contributed by atoms with E-state index >= 15 is 0 Å². The minimum Gasteiger partial charge on any atom is -0.0837 e. The monoisotopic (exact) mass is 252 g/mol. The Labute approximate surface area is 111 Å². The van der Waals surface area contributed by atoms with Gasteiger partial charge in [0.25, 0.3) is 0 Å². The molecule has 1 aliphatic rings. The average molecular weight is 253 g/mol. The number of halogens is 1. The topological polar surface area (TPSA) is 0 Å². The Balaban J connectivity index is 2.21. The molecule has 0 saturated heterocycles. The molecule has 0 unspecified atom stereocenters. The van der Waals surface area contributed by atoms with Gasteiger partial charge < -0.3 is 0 Å². The van der Waals surface area contributed by atoms with Gasteiger partial charge in [0.05, 0.1) is 0 Å². The molecule has 0 radical (unpaired) electrons.